The fourth-order valence-electron chi connectivity index (χ4n) is 9.28. The van der Waals surface area contributed by atoms with Crippen LogP contribution in [0.25, 0.3) is 25.8 Å². The molecule has 0 radical (unpaired) electrons. The second-order valence-electron chi connectivity index (χ2n) is 18.3. The first-order chi connectivity index (χ1) is 35.3. The van der Waals surface area contributed by atoms with Crippen molar-refractivity contribution in [1.29, 1.82) is 5.26 Å². The number of anilines is 3. The van der Waals surface area contributed by atoms with Crippen molar-refractivity contribution >= 4 is 97.2 Å². The van der Waals surface area contributed by atoms with Crippen molar-refractivity contribution in [1.82, 2.24) is 0 Å². The Bertz CT molecular complexity index is 2760. The van der Waals surface area contributed by atoms with Crippen LogP contribution in [-0.4, -0.2) is 49.0 Å². The standard InChI is InChI=1S/C58H62N2O6S6/c1-5-9-12-38(7-3)36-68-56-51-49(63-29-31-65-51)53(70-56)40-15-21-44(22-16-40)60(46-25-19-43(20-26-46)58(34-42(35-59)55(61)62)28-27-48(72-58)47-14-11-33-67-47)45-23-17-41(18-24-45)54-50-52(66-32-30-64-50)57(71-54)69-37-39(8-4)13-10-6-2/h11,14-27,33-34,38-39H,5-10,12-13,28-32,36-37H2,1-4H3,(H,61,62)/b42-34+. The average molecular weight is 1080 g/mol. The number of carboxylic acids is 1. The van der Waals surface area contributed by atoms with Crippen molar-refractivity contribution < 1.29 is 28.8 Å². The van der Waals surface area contributed by atoms with Crippen molar-refractivity contribution in [3.8, 4) is 49.9 Å². The fraction of sp³-hybridized carbons (Fsp3) is 0.379. The minimum Gasteiger partial charge on any atom is -0.485 e. The van der Waals surface area contributed by atoms with Crippen LogP contribution in [0, 0.1) is 23.2 Å². The van der Waals surface area contributed by atoms with Crippen LogP contribution in [-0.2, 0) is 9.54 Å². The molecule has 3 aromatic heterocycles. The number of allylic oxidation sites excluding steroid dienone is 1. The van der Waals surface area contributed by atoms with Gasteiger partial charge in [-0.3, -0.25) is 0 Å². The van der Waals surface area contributed by atoms with Crippen LogP contribution in [0.2, 0.25) is 0 Å². The molecule has 3 aliphatic heterocycles. The molecular formula is C58H62N2O6S6. The smallest absolute Gasteiger partial charge is 0.346 e. The van der Waals surface area contributed by atoms with E-state index in [2.05, 4.69) is 118 Å². The number of nitrogens with zero attached hydrogens (tertiary/aromatic N) is 2. The van der Waals surface area contributed by atoms with Crippen molar-refractivity contribution in [3.05, 3.63) is 118 Å². The SMILES string of the molecule is CCCCC(CC)CSc1sc(-c2ccc(N(c3ccc(-c4sc(SCC(CC)CCCC)c5c4OCCO5)cc3)c3ccc(C4(/C=C(\C#N)C(=O)O)CC=C(c5cccs5)S4)cc3)cc2)c2c1OCCO2. The highest BCUT2D eigenvalue weighted by Gasteiger charge is 2.38. The van der Waals surface area contributed by atoms with Gasteiger partial charge in [-0.1, -0.05) is 115 Å². The largest absolute Gasteiger partial charge is 0.485 e. The van der Waals surface area contributed by atoms with Crippen molar-refractivity contribution in [2.45, 2.75) is 98.6 Å². The zero-order valence-corrected chi connectivity index (χ0v) is 46.3. The minimum atomic E-state index is -1.23. The summed E-state index contributed by atoms with van der Waals surface area (Å²) < 4.78 is 26.9. The molecule has 376 valence electrons. The molecule has 3 unspecified atom stereocenters. The molecule has 6 heterocycles. The maximum absolute atomic E-state index is 12.3. The maximum Gasteiger partial charge on any atom is 0.346 e. The Hall–Kier alpha value is -4.75. The summed E-state index contributed by atoms with van der Waals surface area (Å²) in [5.41, 5.74) is 5.67. The topological polar surface area (TPSA) is 101 Å². The lowest BCUT2D eigenvalue weighted by Gasteiger charge is -2.29. The Balaban J connectivity index is 1.06. The molecule has 0 spiro atoms. The van der Waals surface area contributed by atoms with E-state index in [-0.39, 0.29) is 5.57 Å². The van der Waals surface area contributed by atoms with E-state index in [4.69, 9.17) is 18.9 Å². The van der Waals surface area contributed by atoms with Gasteiger partial charge in [-0.25, -0.2) is 4.79 Å². The summed E-state index contributed by atoms with van der Waals surface area (Å²) in [4.78, 5) is 18.9. The van der Waals surface area contributed by atoms with Gasteiger partial charge in [0, 0.05) is 38.4 Å². The summed E-state index contributed by atoms with van der Waals surface area (Å²) in [6.07, 6.45) is 14.1. The van der Waals surface area contributed by atoms with Crippen molar-refractivity contribution in [2.24, 2.45) is 11.8 Å². The predicted molar refractivity (Wildman–Crippen MR) is 305 cm³/mol. The molecule has 3 aliphatic rings. The number of hydrogen-bond donors (Lipinski definition) is 1. The molecule has 6 aromatic rings. The van der Waals surface area contributed by atoms with E-state index < -0.39 is 10.7 Å². The number of thiophene rings is 3. The van der Waals surface area contributed by atoms with E-state index in [0.717, 1.165) is 87.8 Å². The number of ether oxygens (including phenoxy) is 4. The molecular weight excluding hydrogens is 1010 g/mol. The van der Waals surface area contributed by atoms with Crippen LogP contribution in [0.4, 0.5) is 17.1 Å². The number of fused-ring (bicyclic) bond motifs is 2. The van der Waals surface area contributed by atoms with Gasteiger partial charge in [0.1, 0.15) is 46.5 Å². The number of nitriles is 1. The highest BCUT2D eigenvalue weighted by molar-refractivity contribution is 8.09. The number of carbonyl (C=O) groups is 1. The number of benzene rings is 3. The van der Waals surface area contributed by atoms with Crippen LogP contribution >= 0.6 is 69.3 Å². The molecule has 1 N–H and O–H groups in total. The van der Waals surface area contributed by atoms with Gasteiger partial charge in [0.15, 0.2) is 23.0 Å². The molecule has 9 rings (SSSR count). The highest BCUT2D eigenvalue weighted by atomic mass is 32.2. The minimum absolute atomic E-state index is 0.271. The monoisotopic (exact) mass is 1070 g/mol. The Labute approximate surface area is 449 Å². The third-order valence-corrected chi connectivity index (χ3v) is 21.4. The summed E-state index contributed by atoms with van der Waals surface area (Å²) in [5, 5.41) is 22.0. The molecule has 3 atom stereocenters. The second kappa shape index (κ2) is 24.5. The summed E-state index contributed by atoms with van der Waals surface area (Å²) >= 11 is 10.6. The molecule has 0 bridgehead atoms. The highest BCUT2D eigenvalue weighted by Crippen LogP contribution is 2.57. The third kappa shape index (κ3) is 11.6. The van der Waals surface area contributed by atoms with Gasteiger partial charge in [-0.2, -0.15) is 5.26 Å². The number of aliphatic carboxylic acids is 1. The van der Waals surface area contributed by atoms with Crippen molar-refractivity contribution in [2.75, 3.05) is 42.8 Å². The molecule has 0 saturated carbocycles. The molecule has 8 nitrogen and oxygen atoms in total. The molecule has 14 heteroatoms. The van der Waals surface area contributed by atoms with Crippen LogP contribution in [0.3, 0.4) is 0 Å². The number of hydrogen-bond acceptors (Lipinski definition) is 13. The summed E-state index contributed by atoms with van der Waals surface area (Å²) in [6, 6.07) is 31.8. The Morgan fingerprint density at radius 1 is 0.722 bits per heavy atom. The van der Waals surface area contributed by atoms with Gasteiger partial charge in [-0.15, -0.1) is 69.3 Å². The van der Waals surface area contributed by atoms with Gasteiger partial charge in [0.2, 0.25) is 0 Å². The zero-order valence-electron chi connectivity index (χ0n) is 41.4. The Kier molecular flexibility index (Phi) is 17.8. The molecule has 0 amide bonds. The quantitative estimate of drug-likeness (QED) is 0.0377. The number of thioether (sulfide) groups is 3. The van der Waals surface area contributed by atoms with Gasteiger partial charge in [0.25, 0.3) is 0 Å². The number of carboxylic acid groups (broad SMARTS) is 1. The molecule has 3 aromatic carbocycles. The lowest BCUT2D eigenvalue weighted by Crippen LogP contribution is -2.18. The van der Waals surface area contributed by atoms with Gasteiger partial charge >= 0.3 is 5.97 Å². The van der Waals surface area contributed by atoms with Crippen LogP contribution < -0.4 is 23.8 Å². The van der Waals surface area contributed by atoms with Gasteiger partial charge < -0.3 is 29.0 Å². The summed E-state index contributed by atoms with van der Waals surface area (Å²) in [7, 11) is 0. The van der Waals surface area contributed by atoms with E-state index in [1.54, 1.807) is 51.8 Å². The van der Waals surface area contributed by atoms with Crippen LogP contribution in [0.5, 0.6) is 23.0 Å². The molecule has 0 aliphatic carbocycles. The number of unbranched alkanes of at least 4 members (excludes halogenated alkanes) is 2. The predicted octanol–water partition coefficient (Wildman–Crippen LogP) is 17.7. The van der Waals surface area contributed by atoms with Crippen LogP contribution in [0.15, 0.2) is 116 Å². The maximum atomic E-state index is 12.3. The molecule has 0 fully saturated rings. The Morgan fingerprint density at radius 3 is 1.64 bits per heavy atom. The van der Waals surface area contributed by atoms with E-state index in [1.165, 1.54) is 59.8 Å². The third-order valence-electron chi connectivity index (χ3n) is 13.5. The lowest BCUT2D eigenvalue weighted by molar-refractivity contribution is -0.132. The van der Waals surface area contributed by atoms with E-state index in [9.17, 15) is 15.2 Å². The summed E-state index contributed by atoms with van der Waals surface area (Å²) in [6.45, 7) is 11.3. The second-order valence-corrected chi connectivity index (χ2v) is 25.2. The first kappa shape index (κ1) is 52.1. The first-order valence-electron chi connectivity index (χ1n) is 25.3. The molecule has 0 saturated heterocycles. The average Bonchev–Trinajstić information content (AvgIpc) is 4.26. The molecule has 72 heavy (non-hydrogen) atoms. The van der Waals surface area contributed by atoms with E-state index >= 15 is 0 Å². The first-order valence-corrected chi connectivity index (χ1v) is 30.6. The van der Waals surface area contributed by atoms with Crippen molar-refractivity contribution in [3.63, 3.8) is 0 Å². The zero-order chi connectivity index (χ0) is 50.0. The van der Waals surface area contributed by atoms with E-state index in [0.29, 0.717) is 44.7 Å². The number of rotatable bonds is 23. The Morgan fingerprint density at radius 2 is 1.21 bits per heavy atom. The lowest BCUT2D eigenvalue weighted by atomic mass is 9.92. The van der Waals surface area contributed by atoms with E-state index in [1.807, 2.05) is 41.0 Å². The van der Waals surface area contributed by atoms with Crippen LogP contribution in [0.1, 0.15) is 95.9 Å². The summed E-state index contributed by atoms with van der Waals surface area (Å²) in [5.74, 6) is 5.67. The normalized spacial score (nSPS) is 17.0. The van der Waals surface area contributed by atoms with Gasteiger partial charge in [0.05, 0.1) is 14.5 Å². The van der Waals surface area contributed by atoms with Gasteiger partial charge in [-0.05, 0) is 102 Å². The fourth-order valence-corrected chi connectivity index (χ4v) is 16.9.